The lowest BCUT2D eigenvalue weighted by Gasteiger charge is -2.35. The van der Waals surface area contributed by atoms with Crippen LogP contribution in [0.1, 0.15) is 37.8 Å². The first-order valence-corrected chi connectivity index (χ1v) is 9.89. The molecular weight excluding hydrogens is 399 g/mol. The van der Waals surface area contributed by atoms with Crippen LogP contribution >= 0.6 is 0 Å². The molecule has 1 saturated heterocycles. The topological polar surface area (TPSA) is 64.6 Å². The molecule has 1 aromatic carbocycles. The van der Waals surface area contributed by atoms with Crippen LogP contribution in [0.15, 0.2) is 36.4 Å². The largest absolute Gasteiger partial charge is 0.573 e. The zero-order chi connectivity index (χ0) is 21.4. The zero-order valence-electron chi connectivity index (χ0n) is 16.5. The molecule has 0 radical (unpaired) electrons. The Morgan fingerprint density at radius 3 is 2.33 bits per heavy atom. The van der Waals surface area contributed by atoms with E-state index in [4.69, 9.17) is 4.74 Å². The van der Waals surface area contributed by atoms with Gasteiger partial charge in [-0.05, 0) is 69.4 Å². The lowest BCUT2D eigenvalue weighted by Crippen LogP contribution is -2.39. The van der Waals surface area contributed by atoms with Crippen molar-refractivity contribution >= 4 is 11.6 Å². The maximum Gasteiger partial charge on any atom is 0.573 e. The summed E-state index contributed by atoms with van der Waals surface area (Å²) < 4.78 is 46.8. The molecule has 2 aliphatic rings. The van der Waals surface area contributed by atoms with Crippen LogP contribution in [0.5, 0.6) is 11.6 Å². The van der Waals surface area contributed by atoms with Crippen LogP contribution in [0.25, 0.3) is 0 Å². The number of carbonyl (C=O) groups excluding carboxylic acids is 1. The van der Waals surface area contributed by atoms with E-state index >= 15 is 0 Å². The number of nitrogens with zero attached hydrogens (tertiary/aromatic N) is 3. The first-order chi connectivity index (χ1) is 14.2. The highest BCUT2D eigenvalue weighted by atomic mass is 19.4. The van der Waals surface area contributed by atoms with Gasteiger partial charge in [0, 0.05) is 18.3 Å². The second-order valence-electron chi connectivity index (χ2n) is 7.86. The third-order valence-corrected chi connectivity index (χ3v) is 5.85. The standard InChI is InChI=1S/C21H22F3N3O3/c1-14-2-7-18(26-25-14)29-16-8-10-20(11-9-16)12-13-27(19(20)28)15-3-5-17(6-4-15)30-21(22,23)24/h2-7,16H,8-13H2,1H3/t16-,20-. The van der Waals surface area contributed by atoms with Gasteiger partial charge in [-0.2, -0.15) is 5.10 Å². The van der Waals surface area contributed by atoms with E-state index in [2.05, 4.69) is 14.9 Å². The van der Waals surface area contributed by atoms with E-state index in [9.17, 15) is 18.0 Å². The quantitative estimate of drug-likeness (QED) is 0.731. The van der Waals surface area contributed by atoms with Gasteiger partial charge in [0.2, 0.25) is 11.8 Å². The number of benzene rings is 1. The Balaban J connectivity index is 1.37. The number of aryl methyl sites for hydroxylation is 1. The van der Waals surface area contributed by atoms with Crippen molar-refractivity contribution in [3.63, 3.8) is 0 Å². The number of alkyl halides is 3. The van der Waals surface area contributed by atoms with E-state index in [0.29, 0.717) is 31.0 Å². The first kappa shape index (κ1) is 20.4. The Kier molecular flexibility index (Phi) is 5.29. The van der Waals surface area contributed by atoms with Crippen LogP contribution < -0.4 is 14.4 Å². The van der Waals surface area contributed by atoms with Crippen LogP contribution in [0.2, 0.25) is 0 Å². The summed E-state index contributed by atoms with van der Waals surface area (Å²) in [5.74, 6) is 0.215. The molecule has 6 nitrogen and oxygen atoms in total. The summed E-state index contributed by atoms with van der Waals surface area (Å²) in [6.07, 6.45) is -1.11. The van der Waals surface area contributed by atoms with Gasteiger partial charge in [0.1, 0.15) is 11.9 Å². The number of hydrogen-bond donors (Lipinski definition) is 0. The van der Waals surface area contributed by atoms with Gasteiger partial charge in [-0.25, -0.2) is 0 Å². The van der Waals surface area contributed by atoms with Crippen molar-refractivity contribution in [3.8, 4) is 11.6 Å². The number of anilines is 1. The summed E-state index contributed by atoms with van der Waals surface area (Å²) in [7, 11) is 0. The molecule has 30 heavy (non-hydrogen) atoms. The summed E-state index contributed by atoms with van der Waals surface area (Å²) >= 11 is 0. The Labute approximate surface area is 172 Å². The highest BCUT2D eigenvalue weighted by molar-refractivity contribution is 6.00. The highest BCUT2D eigenvalue weighted by Crippen LogP contribution is 2.46. The summed E-state index contributed by atoms with van der Waals surface area (Å²) in [4.78, 5) is 14.8. The molecule has 4 rings (SSSR count). The smallest absolute Gasteiger partial charge is 0.473 e. The number of aromatic nitrogens is 2. The van der Waals surface area contributed by atoms with Crippen LogP contribution in [0.4, 0.5) is 18.9 Å². The second kappa shape index (κ2) is 7.77. The van der Waals surface area contributed by atoms with E-state index < -0.39 is 11.8 Å². The van der Waals surface area contributed by atoms with Gasteiger partial charge in [-0.1, -0.05) is 0 Å². The molecule has 9 heteroatoms. The molecule has 0 atom stereocenters. The lowest BCUT2D eigenvalue weighted by molar-refractivity contribution is -0.274. The fourth-order valence-electron chi connectivity index (χ4n) is 4.24. The van der Waals surface area contributed by atoms with Gasteiger partial charge in [0.15, 0.2) is 0 Å². The normalized spacial score (nSPS) is 24.3. The Morgan fingerprint density at radius 2 is 1.73 bits per heavy atom. The van der Waals surface area contributed by atoms with Crippen molar-refractivity contribution in [2.75, 3.05) is 11.4 Å². The monoisotopic (exact) mass is 421 g/mol. The molecule has 2 aromatic rings. The molecule has 0 N–H and O–H groups in total. The number of carbonyl (C=O) groups is 1. The summed E-state index contributed by atoms with van der Waals surface area (Å²) in [6, 6.07) is 9.08. The van der Waals surface area contributed by atoms with Crippen molar-refractivity contribution < 1.29 is 27.4 Å². The fraction of sp³-hybridized carbons (Fsp3) is 0.476. The highest BCUT2D eigenvalue weighted by Gasteiger charge is 2.49. The molecule has 1 saturated carbocycles. The molecule has 0 unspecified atom stereocenters. The van der Waals surface area contributed by atoms with E-state index in [0.717, 1.165) is 25.0 Å². The Morgan fingerprint density at radius 1 is 1.03 bits per heavy atom. The molecular formula is C21H22F3N3O3. The predicted molar refractivity (Wildman–Crippen MR) is 102 cm³/mol. The second-order valence-corrected chi connectivity index (χ2v) is 7.86. The number of hydrogen-bond acceptors (Lipinski definition) is 5. The number of halogens is 3. The van der Waals surface area contributed by atoms with Crippen LogP contribution in [0.3, 0.4) is 0 Å². The van der Waals surface area contributed by atoms with E-state index in [1.165, 1.54) is 24.3 Å². The maximum atomic E-state index is 13.2. The maximum absolute atomic E-state index is 13.2. The molecule has 2 heterocycles. The van der Waals surface area contributed by atoms with Crippen molar-refractivity contribution in [1.29, 1.82) is 0 Å². The fourth-order valence-corrected chi connectivity index (χ4v) is 4.24. The average Bonchev–Trinajstić information content (AvgIpc) is 3.01. The predicted octanol–water partition coefficient (Wildman–Crippen LogP) is 4.43. The average molecular weight is 421 g/mol. The number of rotatable bonds is 4. The van der Waals surface area contributed by atoms with Crippen molar-refractivity contribution in [3.05, 3.63) is 42.1 Å². The van der Waals surface area contributed by atoms with E-state index in [1.54, 1.807) is 11.0 Å². The molecule has 1 aromatic heterocycles. The van der Waals surface area contributed by atoms with Gasteiger partial charge in [-0.3, -0.25) is 4.79 Å². The third kappa shape index (κ3) is 4.34. The summed E-state index contributed by atoms with van der Waals surface area (Å²) in [5.41, 5.74) is 0.972. The van der Waals surface area contributed by atoms with Gasteiger partial charge in [0.25, 0.3) is 0 Å². The van der Waals surface area contributed by atoms with Gasteiger partial charge in [-0.15, -0.1) is 18.3 Å². The van der Waals surface area contributed by atoms with Crippen molar-refractivity contribution in [2.45, 2.75) is 51.5 Å². The summed E-state index contributed by atoms with van der Waals surface area (Å²) in [5, 5.41) is 8.02. The molecule has 1 aliphatic heterocycles. The molecule has 1 spiro atoms. The van der Waals surface area contributed by atoms with E-state index in [1.807, 2.05) is 13.0 Å². The minimum Gasteiger partial charge on any atom is -0.473 e. The Hall–Kier alpha value is -2.84. The summed E-state index contributed by atoms with van der Waals surface area (Å²) in [6.45, 7) is 2.41. The minimum absolute atomic E-state index is 0.00622. The third-order valence-electron chi connectivity index (χ3n) is 5.85. The van der Waals surface area contributed by atoms with Gasteiger partial charge in [0.05, 0.1) is 11.1 Å². The lowest BCUT2D eigenvalue weighted by atomic mass is 9.72. The molecule has 2 fully saturated rings. The molecule has 160 valence electrons. The van der Waals surface area contributed by atoms with Crippen molar-refractivity contribution in [1.82, 2.24) is 10.2 Å². The number of ether oxygens (including phenoxy) is 2. The molecule has 0 bridgehead atoms. The van der Waals surface area contributed by atoms with Crippen LogP contribution in [-0.4, -0.2) is 35.1 Å². The molecule has 1 aliphatic carbocycles. The van der Waals surface area contributed by atoms with E-state index in [-0.39, 0.29) is 17.8 Å². The van der Waals surface area contributed by atoms with Gasteiger partial charge >= 0.3 is 6.36 Å². The first-order valence-electron chi connectivity index (χ1n) is 9.89. The Bertz CT molecular complexity index is 892. The van der Waals surface area contributed by atoms with Crippen LogP contribution in [0, 0.1) is 12.3 Å². The SMILES string of the molecule is Cc1ccc(O[C@H]2CC[C@@]3(CCN(c4ccc(OC(F)(F)F)cc4)C3=O)CC2)nn1. The molecule has 1 amide bonds. The number of amides is 1. The van der Waals surface area contributed by atoms with Crippen LogP contribution in [-0.2, 0) is 4.79 Å². The minimum atomic E-state index is -4.74. The zero-order valence-corrected chi connectivity index (χ0v) is 16.5. The van der Waals surface area contributed by atoms with Gasteiger partial charge < -0.3 is 14.4 Å². The van der Waals surface area contributed by atoms with Crippen molar-refractivity contribution in [2.24, 2.45) is 5.41 Å².